The summed E-state index contributed by atoms with van der Waals surface area (Å²) in [5.41, 5.74) is 3.41. The Hall–Kier alpha value is -2.17. The number of rotatable bonds is 3. The highest BCUT2D eigenvalue weighted by atomic mass is 16.1. The summed E-state index contributed by atoms with van der Waals surface area (Å²) in [6.07, 6.45) is 2.51. The quantitative estimate of drug-likeness (QED) is 0.817. The molecule has 0 radical (unpaired) electrons. The summed E-state index contributed by atoms with van der Waals surface area (Å²) >= 11 is 0. The number of nitrogens with zero attached hydrogens (tertiary/aromatic N) is 4. The minimum Gasteiger partial charge on any atom is -0.372 e. The van der Waals surface area contributed by atoms with Gasteiger partial charge in [-0.05, 0) is 49.9 Å². The highest BCUT2D eigenvalue weighted by Crippen LogP contribution is 2.24. The van der Waals surface area contributed by atoms with Crippen LogP contribution in [0.3, 0.4) is 0 Å². The first-order chi connectivity index (χ1) is 10.6. The number of benzene rings is 1. The summed E-state index contributed by atoms with van der Waals surface area (Å²) in [7, 11) is 0. The summed E-state index contributed by atoms with van der Waals surface area (Å²) in [5.74, 6) is 0.779. The molecular formula is C17H22N4O. The third kappa shape index (κ3) is 2.75. The van der Waals surface area contributed by atoms with Gasteiger partial charge in [0.2, 0.25) is 0 Å². The van der Waals surface area contributed by atoms with Crippen molar-refractivity contribution in [2.75, 3.05) is 18.0 Å². The second-order valence-corrected chi connectivity index (χ2v) is 6.18. The predicted octanol–water partition coefficient (Wildman–Crippen LogP) is 3.01. The Kier molecular flexibility index (Phi) is 3.96. The highest BCUT2D eigenvalue weighted by molar-refractivity contribution is 5.93. The number of Topliss-reactive ketones (excluding diaryl/α,β-unsaturated/α-hetero) is 1. The van der Waals surface area contributed by atoms with Crippen molar-refractivity contribution in [3.8, 4) is 5.69 Å². The Labute approximate surface area is 130 Å². The van der Waals surface area contributed by atoms with Crippen LogP contribution in [0.2, 0.25) is 0 Å². The summed E-state index contributed by atoms with van der Waals surface area (Å²) in [6.45, 7) is 7.95. The first kappa shape index (κ1) is 14.8. The minimum absolute atomic E-state index is 0.0530. The van der Waals surface area contributed by atoms with Crippen molar-refractivity contribution in [2.45, 2.75) is 33.6 Å². The van der Waals surface area contributed by atoms with Gasteiger partial charge >= 0.3 is 0 Å². The number of anilines is 1. The molecule has 5 nitrogen and oxygen atoms in total. The van der Waals surface area contributed by atoms with Crippen molar-refractivity contribution in [3.05, 3.63) is 35.7 Å². The van der Waals surface area contributed by atoms with Gasteiger partial charge in [-0.1, -0.05) is 12.1 Å². The van der Waals surface area contributed by atoms with Crippen molar-refractivity contribution >= 4 is 11.5 Å². The van der Waals surface area contributed by atoms with Crippen LogP contribution in [-0.4, -0.2) is 33.9 Å². The SMILES string of the molecule is CC(=O)c1nnn(-c2ccc(N3CCC(C)CC3)cc2)c1C. The lowest BCUT2D eigenvalue weighted by molar-refractivity contribution is 0.101. The van der Waals surface area contributed by atoms with E-state index in [1.54, 1.807) is 4.68 Å². The van der Waals surface area contributed by atoms with Crippen LogP contribution >= 0.6 is 0 Å². The zero-order chi connectivity index (χ0) is 15.7. The van der Waals surface area contributed by atoms with E-state index in [1.807, 2.05) is 19.1 Å². The van der Waals surface area contributed by atoms with Gasteiger partial charge in [-0.15, -0.1) is 5.10 Å². The van der Waals surface area contributed by atoms with Gasteiger partial charge in [0.1, 0.15) is 0 Å². The molecule has 0 spiro atoms. The molecule has 1 aromatic heterocycles. The van der Waals surface area contributed by atoms with Crippen LogP contribution in [-0.2, 0) is 0 Å². The van der Waals surface area contributed by atoms with Crippen LogP contribution in [0.15, 0.2) is 24.3 Å². The van der Waals surface area contributed by atoms with E-state index in [-0.39, 0.29) is 5.78 Å². The first-order valence-corrected chi connectivity index (χ1v) is 7.85. The maximum Gasteiger partial charge on any atom is 0.181 e. The van der Waals surface area contributed by atoms with E-state index in [0.29, 0.717) is 5.69 Å². The van der Waals surface area contributed by atoms with Crippen LogP contribution in [0.1, 0.15) is 42.9 Å². The van der Waals surface area contributed by atoms with Crippen molar-refractivity contribution in [3.63, 3.8) is 0 Å². The lowest BCUT2D eigenvalue weighted by Gasteiger charge is -2.32. The molecule has 0 unspecified atom stereocenters. The van der Waals surface area contributed by atoms with E-state index >= 15 is 0 Å². The van der Waals surface area contributed by atoms with E-state index < -0.39 is 0 Å². The standard InChI is InChI=1S/C17H22N4O/c1-12-8-10-20(11-9-12)15-4-6-16(7-5-15)21-13(2)17(14(3)22)18-19-21/h4-7,12H,8-11H2,1-3H3. The Morgan fingerprint density at radius 2 is 1.73 bits per heavy atom. The fraction of sp³-hybridized carbons (Fsp3) is 0.471. The van der Waals surface area contributed by atoms with Crippen LogP contribution in [0, 0.1) is 12.8 Å². The van der Waals surface area contributed by atoms with Gasteiger partial charge in [0.15, 0.2) is 11.5 Å². The van der Waals surface area contributed by atoms with E-state index in [2.05, 4.69) is 34.3 Å². The minimum atomic E-state index is -0.0530. The molecular weight excluding hydrogens is 276 g/mol. The van der Waals surface area contributed by atoms with Gasteiger partial charge in [0.05, 0.1) is 11.4 Å². The zero-order valence-corrected chi connectivity index (χ0v) is 13.4. The number of carbonyl (C=O) groups excluding carboxylic acids is 1. The fourth-order valence-corrected chi connectivity index (χ4v) is 2.97. The summed E-state index contributed by atoms with van der Waals surface area (Å²) in [4.78, 5) is 13.9. The van der Waals surface area contributed by atoms with E-state index in [9.17, 15) is 4.79 Å². The van der Waals surface area contributed by atoms with Crippen molar-refractivity contribution in [2.24, 2.45) is 5.92 Å². The molecule has 0 N–H and O–H groups in total. The predicted molar refractivity (Wildman–Crippen MR) is 86.7 cm³/mol. The molecule has 1 aromatic carbocycles. The maximum absolute atomic E-state index is 11.5. The number of hydrogen-bond acceptors (Lipinski definition) is 4. The molecule has 0 atom stereocenters. The highest BCUT2D eigenvalue weighted by Gasteiger charge is 2.17. The van der Waals surface area contributed by atoms with Gasteiger partial charge in [-0.25, -0.2) is 4.68 Å². The van der Waals surface area contributed by atoms with Crippen LogP contribution in [0.4, 0.5) is 5.69 Å². The third-order valence-corrected chi connectivity index (χ3v) is 4.47. The Morgan fingerprint density at radius 1 is 1.14 bits per heavy atom. The molecule has 3 rings (SSSR count). The first-order valence-electron chi connectivity index (χ1n) is 7.85. The number of aromatic nitrogens is 3. The van der Waals surface area contributed by atoms with Gasteiger partial charge < -0.3 is 4.90 Å². The van der Waals surface area contributed by atoms with Crippen LogP contribution < -0.4 is 4.90 Å². The molecule has 1 fully saturated rings. The normalized spacial score (nSPS) is 16.0. The molecule has 0 aliphatic carbocycles. The van der Waals surface area contributed by atoms with E-state index in [4.69, 9.17) is 0 Å². The van der Waals surface area contributed by atoms with Gasteiger partial charge in [-0.2, -0.15) is 0 Å². The summed E-state index contributed by atoms with van der Waals surface area (Å²) < 4.78 is 1.72. The molecule has 1 aliphatic rings. The number of piperidine rings is 1. The molecule has 2 aromatic rings. The van der Waals surface area contributed by atoms with Gasteiger partial charge in [-0.3, -0.25) is 4.79 Å². The average Bonchev–Trinajstić information content (AvgIpc) is 2.90. The molecule has 0 bridgehead atoms. The van der Waals surface area contributed by atoms with Crippen LogP contribution in [0.5, 0.6) is 0 Å². The zero-order valence-electron chi connectivity index (χ0n) is 13.4. The Balaban J connectivity index is 1.81. The number of carbonyl (C=O) groups is 1. The molecule has 5 heteroatoms. The third-order valence-electron chi connectivity index (χ3n) is 4.47. The molecule has 1 saturated heterocycles. The molecule has 116 valence electrons. The second kappa shape index (κ2) is 5.91. The largest absolute Gasteiger partial charge is 0.372 e. The number of ketones is 1. The van der Waals surface area contributed by atoms with Crippen molar-refractivity contribution < 1.29 is 4.79 Å². The topological polar surface area (TPSA) is 51.0 Å². The van der Waals surface area contributed by atoms with E-state index in [1.165, 1.54) is 25.5 Å². The number of hydrogen-bond donors (Lipinski definition) is 0. The molecule has 2 heterocycles. The smallest absolute Gasteiger partial charge is 0.181 e. The van der Waals surface area contributed by atoms with Crippen LogP contribution in [0.25, 0.3) is 5.69 Å². The fourth-order valence-electron chi connectivity index (χ4n) is 2.97. The summed E-state index contributed by atoms with van der Waals surface area (Å²) in [5, 5.41) is 8.06. The van der Waals surface area contributed by atoms with Gasteiger partial charge in [0.25, 0.3) is 0 Å². The molecule has 1 aliphatic heterocycles. The van der Waals surface area contributed by atoms with Crippen molar-refractivity contribution in [1.29, 1.82) is 0 Å². The Morgan fingerprint density at radius 3 is 2.27 bits per heavy atom. The van der Waals surface area contributed by atoms with Crippen molar-refractivity contribution in [1.82, 2.24) is 15.0 Å². The lowest BCUT2D eigenvalue weighted by Crippen LogP contribution is -2.32. The summed E-state index contributed by atoms with van der Waals surface area (Å²) in [6, 6.07) is 8.33. The van der Waals surface area contributed by atoms with Gasteiger partial charge in [0, 0.05) is 25.7 Å². The molecule has 22 heavy (non-hydrogen) atoms. The Bertz CT molecular complexity index is 666. The molecule has 0 saturated carbocycles. The molecule has 0 amide bonds. The second-order valence-electron chi connectivity index (χ2n) is 6.18. The monoisotopic (exact) mass is 298 g/mol. The lowest BCUT2D eigenvalue weighted by atomic mass is 9.99. The maximum atomic E-state index is 11.5. The average molecular weight is 298 g/mol. The van der Waals surface area contributed by atoms with E-state index in [0.717, 1.165) is 30.4 Å².